The molecule has 2 heterocycles. The van der Waals surface area contributed by atoms with Crippen LogP contribution in [-0.4, -0.2) is 10.1 Å². The van der Waals surface area contributed by atoms with E-state index in [0.717, 1.165) is 24.0 Å². The zero-order valence-corrected chi connectivity index (χ0v) is 10.1. The fourth-order valence-corrected chi connectivity index (χ4v) is 2.37. The van der Waals surface area contributed by atoms with E-state index in [4.69, 9.17) is 0 Å². The van der Waals surface area contributed by atoms with Crippen LogP contribution in [0.3, 0.4) is 0 Å². The van der Waals surface area contributed by atoms with Crippen molar-refractivity contribution in [3.63, 3.8) is 0 Å². The third kappa shape index (κ3) is 2.90. The molecule has 0 spiro atoms. The first-order valence-corrected chi connectivity index (χ1v) is 6.30. The standard InChI is InChI=1S/C13H15NOS/c1-10-6-12(8-14-7-10)13(15)3-2-11-4-5-16-9-11/h4-9,13,15H,2-3H2,1H3. The second-order valence-corrected chi connectivity index (χ2v) is 4.76. The Morgan fingerprint density at radius 2 is 2.31 bits per heavy atom. The lowest BCUT2D eigenvalue weighted by Crippen LogP contribution is -2.00. The lowest BCUT2D eigenvalue weighted by atomic mass is 10.0. The molecule has 2 rings (SSSR count). The van der Waals surface area contributed by atoms with Gasteiger partial charge in [0.05, 0.1) is 6.10 Å². The molecule has 1 N–H and O–H groups in total. The number of rotatable bonds is 4. The smallest absolute Gasteiger partial charge is 0.0808 e. The first-order valence-electron chi connectivity index (χ1n) is 5.36. The number of aryl methyl sites for hydroxylation is 2. The molecule has 3 heteroatoms. The van der Waals surface area contributed by atoms with Crippen LogP contribution >= 0.6 is 11.3 Å². The van der Waals surface area contributed by atoms with Crippen molar-refractivity contribution in [3.8, 4) is 0 Å². The van der Waals surface area contributed by atoms with Gasteiger partial charge in [0.15, 0.2) is 0 Å². The second kappa shape index (κ2) is 5.23. The highest BCUT2D eigenvalue weighted by atomic mass is 32.1. The summed E-state index contributed by atoms with van der Waals surface area (Å²) in [5.74, 6) is 0. The monoisotopic (exact) mass is 233 g/mol. The van der Waals surface area contributed by atoms with E-state index in [1.54, 1.807) is 23.7 Å². The summed E-state index contributed by atoms with van der Waals surface area (Å²) < 4.78 is 0. The molecule has 0 saturated heterocycles. The largest absolute Gasteiger partial charge is 0.388 e. The van der Waals surface area contributed by atoms with Crippen LogP contribution in [0, 0.1) is 6.92 Å². The van der Waals surface area contributed by atoms with Gasteiger partial charge in [-0.3, -0.25) is 4.98 Å². The van der Waals surface area contributed by atoms with E-state index in [-0.39, 0.29) is 0 Å². The number of hydrogen-bond donors (Lipinski definition) is 1. The number of aliphatic hydroxyl groups excluding tert-OH is 1. The molecule has 2 nitrogen and oxygen atoms in total. The molecule has 0 fully saturated rings. The van der Waals surface area contributed by atoms with Crippen molar-refractivity contribution in [1.29, 1.82) is 0 Å². The molecule has 0 aliphatic carbocycles. The van der Waals surface area contributed by atoms with E-state index < -0.39 is 6.10 Å². The van der Waals surface area contributed by atoms with Crippen LogP contribution in [0.5, 0.6) is 0 Å². The molecule has 0 radical (unpaired) electrons. The van der Waals surface area contributed by atoms with Crippen molar-refractivity contribution < 1.29 is 5.11 Å². The second-order valence-electron chi connectivity index (χ2n) is 3.98. The molecule has 0 bridgehead atoms. The number of hydrogen-bond acceptors (Lipinski definition) is 3. The van der Waals surface area contributed by atoms with E-state index >= 15 is 0 Å². The summed E-state index contributed by atoms with van der Waals surface area (Å²) in [5, 5.41) is 14.2. The molecule has 0 aliphatic heterocycles. The van der Waals surface area contributed by atoms with Gasteiger partial charge in [0, 0.05) is 12.4 Å². The van der Waals surface area contributed by atoms with Crippen molar-refractivity contribution in [1.82, 2.24) is 4.98 Å². The van der Waals surface area contributed by atoms with Crippen molar-refractivity contribution in [2.24, 2.45) is 0 Å². The average molecular weight is 233 g/mol. The molecular weight excluding hydrogens is 218 g/mol. The van der Waals surface area contributed by atoms with Gasteiger partial charge in [-0.05, 0) is 53.3 Å². The summed E-state index contributed by atoms with van der Waals surface area (Å²) >= 11 is 1.70. The molecule has 0 aromatic carbocycles. The van der Waals surface area contributed by atoms with Gasteiger partial charge in [0.1, 0.15) is 0 Å². The fraction of sp³-hybridized carbons (Fsp3) is 0.308. The highest BCUT2D eigenvalue weighted by molar-refractivity contribution is 7.07. The van der Waals surface area contributed by atoms with E-state index in [2.05, 4.69) is 21.8 Å². The first kappa shape index (κ1) is 11.3. The third-order valence-corrected chi connectivity index (χ3v) is 3.30. The number of pyridine rings is 1. The topological polar surface area (TPSA) is 33.1 Å². The Kier molecular flexibility index (Phi) is 3.70. The SMILES string of the molecule is Cc1cncc(C(O)CCc2ccsc2)c1. The highest BCUT2D eigenvalue weighted by Gasteiger charge is 2.08. The van der Waals surface area contributed by atoms with Crippen LogP contribution in [0.2, 0.25) is 0 Å². The van der Waals surface area contributed by atoms with Crippen molar-refractivity contribution in [2.45, 2.75) is 25.9 Å². The zero-order valence-electron chi connectivity index (χ0n) is 9.26. The van der Waals surface area contributed by atoms with Gasteiger partial charge in [0.2, 0.25) is 0 Å². The molecule has 1 unspecified atom stereocenters. The molecule has 84 valence electrons. The number of aliphatic hydroxyl groups is 1. The van der Waals surface area contributed by atoms with Crippen LogP contribution in [-0.2, 0) is 6.42 Å². The molecule has 0 aliphatic rings. The Morgan fingerprint density at radius 3 is 3.00 bits per heavy atom. The molecule has 2 aromatic rings. The van der Waals surface area contributed by atoms with Gasteiger partial charge >= 0.3 is 0 Å². The Labute approximate surface area is 99.6 Å². The van der Waals surface area contributed by atoms with Crippen LogP contribution in [0.4, 0.5) is 0 Å². The Morgan fingerprint density at radius 1 is 1.44 bits per heavy atom. The maximum atomic E-state index is 10.0. The number of thiophene rings is 1. The van der Waals surface area contributed by atoms with Crippen molar-refractivity contribution in [2.75, 3.05) is 0 Å². The van der Waals surface area contributed by atoms with Gasteiger partial charge < -0.3 is 5.11 Å². The molecule has 2 aromatic heterocycles. The molecule has 0 saturated carbocycles. The Bertz CT molecular complexity index is 439. The first-order chi connectivity index (χ1) is 7.75. The average Bonchev–Trinajstić information content (AvgIpc) is 2.78. The summed E-state index contributed by atoms with van der Waals surface area (Å²) in [5.41, 5.74) is 3.30. The number of nitrogens with zero attached hydrogens (tertiary/aromatic N) is 1. The summed E-state index contributed by atoms with van der Waals surface area (Å²) in [6.07, 6.45) is 4.80. The Hall–Kier alpha value is -1.19. The van der Waals surface area contributed by atoms with E-state index in [0.29, 0.717) is 0 Å². The molecule has 1 atom stereocenters. The maximum absolute atomic E-state index is 10.0. The van der Waals surface area contributed by atoms with E-state index in [1.165, 1.54) is 5.56 Å². The van der Waals surface area contributed by atoms with Crippen LogP contribution in [0.15, 0.2) is 35.3 Å². The fourth-order valence-electron chi connectivity index (χ4n) is 1.67. The van der Waals surface area contributed by atoms with Crippen molar-refractivity contribution in [3.05, 3.63) is 52.0 Å². The van der Waals surface area contributed by atoms with Crippen LogP contribution in [0.1, 0.15) is 29.2 Å². The van der Waals surface area contributed by atoms with Gasteiger partial charge in [-0.25, -0.2) is 0 Å². The van der Waals surface area contributed by atoms with Gasteiger partial charge in [-0.2, -0.15) is 11.3 Å². The minimum Gasteiger partial charge on any atom is -0.388 e. The lowest BCUT2D eigenvalue weighted by Gasteiger charge is -2.10. The Balaban J connectivity index is 1.95. The predicted molar refractivity (Wildman–Crippen MR) is 66.6 cm³/mol. The third-order valence-electron chi connectivity index (χ3n) is 2.57. The number of aromatic nitrogens is 1. The molecule has 16 heavy (non-hydrogen) atoms. The minimum atomic E-state index is -0.410. The summed E-state index contributed by atoms with van der Waals surface area (Å²) in [7, 11) is 0. The van der Waals surface area contributed by atoms with Crippen molar-refractivity contribution >= 4 is 11.3 Å². The van der Waals surface area contributed by atoms with Crippen LogP contribution in [0.25, 0.3) is 0 Å². The summed E-state index contributed by atoms with van der Waals surface area (Å²) in [4.78, 5) is 4.09. The summed E-state index contributed by atoms with van der Waals surface area (Å²) in [6.45, 7) is 1.99. The lowest BCUT2D eigenvalue weighted by molar-refractivity contribution is 0.167. The van der Waals surface area contributed by atoms with Crippen LogP contribution < -0.4 is 0 Å². The predicted octanol–water partition coefficient (Wildman–Crippen LogP) is 3.12. The normalized spacial score (nSPS) is 12.6. The quantitative estimate of drug-likeness (QED) is 0.880. The molecule has 0 amide bonds. The highest BCUT2D eigenvalue weighted by Crippen LogP contribution is 2.19. The van der Waals surface area contributed by atoms with Gasteiger partial charge in [-0.1, -0.05) is 6.07 Å². The maximum Gasteiger partial charge on any atom is 0.0808 e. The minimum absolute atomic E-state index is 0.410. The van der Waals surface area contributed by atoms with E-state index in [1.807, 2.05) is 13.0 Å². The molecular formula is C13H15NOS. The summed E-state index contributed by atoms with van der Waals surface area (Å²) in [6, 6.07) is 4.09. The van der Waals surface area contributed by atoms with E-state index in [9.17, 15) is 5.11 Å². The van der Waals surface area contributed by atoms with Gasteiger partial charge in [-0.15, -0.1) is 0 Å². The zero-order chi connectivity index (χ0) is 11.4. The van der Waals surface area contributed by atoms with Gasteiger partial charge in [0.25, 0.3) is 0 Å².